The summed E-state index contributed by atoms with van der Waals surface area (Å²) < 4.78 is 0. The van der Waals surface area contributed by atoms with E-state index < -0.39 is 0 Å². The second-order valence-electron chi connectivity index (χ2n) is 1.25. The van der Waals surface area contributed by atoms with Gasteiger partial charge in [-0.3, -0.25) is 5.01 Å². The monoisotopic (exact) mass is 99.0 g/mol. The molecule has 38 valence electrons. The van der Waals surface area contributed by atoms with Crippen molar-refractivity contribution in [2.24, 2.45) is 10.8 Å². The van der Waals surface area contributed by atoms with E-state index in [0.29, 0.717) is 6.54 Å². The van der Waals surface area contributed by atoms with Crippen LogP contribution in [0.1, 0.15) is 0 Å². The first-order valence-corrected chi connectivity index (χ1v) is 1.89. The lowest BCUT2D eigenvalue weighted by Gasteiger charge is -2.00. The van der Waals surface area contributed by atoms with Gasteiger partial charge >= 0.3 is 6.03 Å². The molecule has 0 spiro atoms. The first-order valence-electron chi connectivity index (χ1n) is 1.89. The zero-order chi connectivity index (χ0) is 5.28. The Morgan fingerprint density at radius 1 is 2.00 bits per heavy atom. The van der Waals surface area contributed by atoms with Gasteiger partial charge in [-0.2, -0.15) is 0 Å². The molecule has 0 atom stereocenters. The van der Waals surface area contributed by atoms with E-state index in [1.54, 1.807) is 0 Å². The van der Waals surface area contributed by atoms with Crippen molar-refractivity contribution in [3.63, 3.8) is 0 Å². The van der Waals surface area contributed by atoms with Crippen molar-refractivity contribution in [3.05, 3.63) is 0 Å². The highest BCUT2D eigenvalue weighted by atomic mass is 16.2. The third kappa shape index (κ3) is 0.592. The van der Waals surface area contributed by atoms with Gasteiger partial charge in [0, 0.05) is 6.21 Å². The van der Waals surface area contributed by atoms with Crippen LogP contribution in [0.2, 0.25) is 0 Å². The van der Waals surface area contributed by atoms with Gasteiger partial charge in [0.05, 0.1) is 6.54 Å². The molecule has 2 N–H and O–H groups in total. The first kappa shape index (κ1) is 4.26. The van der Waals surface area contributed by atoms with E-state index in [2.05, 4.69) is 4.99 Å². The molecule has 0 bridgehead atoms. The second-order valence-corrected chi connectivity index (χ2v) is 1.25. The van der Waals surface area contributed by atoms with Crippen molar-refractivity contribution in [1.29, 1.82) is 0 Å². The molecule has 4 heteroatoms. The molecule has 2 amide bonds. The van der Waals surface area contributed by atoms with Crippen molar-refractivity contribution < 1.29 is 4.79 Å². The van der Waals surface area contributed by atoms with E-state index >= 15 is 0 Å². The highest BCUT2D eigenvalue weighted by molar-refractivity contribution is 5.90. The van der Waals surface area contributed by atoms with E-state index in [0.717, 1.165) is 5.01 Å². The molecule has 0 saturated carbocycles. The number of hydrazine groups is 1. The van der Waals surface area contributed by atoms with Gasteiger partial charge < -0.3 is 0 Å². The summed E-state index contributed by atoms with van der Waals surface area (Å²) in [6.45, 7) is 0.443. The lowest BCUT2D eigenvalue weighted by atomic mass is 10.7. The van der Waals surface area contributed by atoms with Gasteiger partial charge in [-0.25, -0.2) is 15.6 Å². The average molecular weight is 99.1 g/mol. The number of nitrogens with two attached hydrogens (primary N) is 1. The SMILES string of the molecule is NN1CC=NC1=O. The van der Waals surface area contributed by atoms with Crippen LogP contribution >= 0.6 is 0 Å². The molecule has 7 heavy (non-hydrogen) atoms. The third-order valence-electron chi connectivity index (χ3n) is 0.726. The number of nitrogens with zero attached hydrogens (tertiary/aromatic N) is 2. The number of hydrogen-bond acceptors (Lipinski definition) is 2. The van der Waals surface area contributed by atoms with Gasteiger partial charge in [0.1, 0.15) is 0 Å². The molecule has 0 saturated heterocycles. The molecule has 1 heterocycles. The van der Waals surface area contributed by atoms with Crippen LogP contribution in [-0.4, -0.2) is 23.8 Å². The maximum atomic E-state index is 10.2. The van der Waals surface area contributed by atoms with Crippen LogP contribution in [0.3, 0.4) is 0 Å². The van der Waals surface area contributed by atoms with E-state index in [9.17, 15) is 4.79 Å². The number of carbonyl (C=O) groups is 1. The topological polar surface area (TPSA) is 58.7 Å². The van der Waals surface area contributed by atoms with Crippen LogP contribution in [0.5, 0.6) is 0 Å². The molecule has 0 aromatic rings. The van der Waals surface area contributed by atoms with E-state index in [-0.39, 0.29) is 6.03 Å². The third-order valence-corrected chi connectivity index (χ3v) is 0.726. The summed E-state index contributed by atoms with van der Waals surface area (Å²) in [6.07, 6.45) is 1.47. The van der Waals surface area contributed by atoms with Gasteiger partial charge in [0.15, 0.2) is 0 Å². The highest BCUT2D eigenvalue weighted by Gasteiger charge is 2.09. The summed E-state index contributed by atoms with van der Waals surface area (Å²) in [5, 5.41) is 1.04. The standard InChI is InChI=1S/C3H5N3O/c4-6-2-1-5-3(6)7/h1H,2,4H2. The molecular formula is C3H5N3O. The fraction of sp³-hybridized carbons (Fsp3) is 0.333. The Morgan fingerprint density at radius 3 is 2.86 bits per heavy atom. The molecular weight excluding hydrogens is 94.1 g/mol. The minimum atomic E-state index is -0.361. The molecule has 0 aromatic heterocycles. The van der Waals surface area contributed by atoms with Crippen LogP contribution in [0.25, 0.3) is 0 Å². The molecule has 4 nitrogen and oxygen atoms in total. The lowest BCUT2D eigenvalue weighted by molar-refractivity contribution is 0.220. The van der Waals surface area contributed by atoms with Gasteiger partial charge in [0.25, 0.3) is 0 Å². The number of carbonyl (C=O) groups excluding carboxylic acids is 1. The summed E-state index contributed by atoms with van der Waals surface area (Å²) in [6, 6.07) is -0.361. The van der Waals surface area contributed by atoms with Crippen LogP contribution in [0.15, 0.2) is 4.99 Å². The van der Waals surface area contributed by atoms with E-state index in [1.807, 2.05) is 0 Å². The molecule has 0 aliphatic carbocycles. The number of aliphatic imine (C=N–C) groups is 1. The van der Waals surface area contributed by atoms with Crippen molar-refractivity contribution in [2.45, 2.75) is 0 Å². The van der Waals surface area contributed by atoms with E-state index in [1.165, 1.54) is 6.21 Å². The Bertz CT molecular complexity index is 119. The van der Waals surface area contributed by atoms with Crippen LogP contribution in [-0.2, 0) is 0 Å². The zero-order valence-electron chi connectivity index (χ0n) is 3.66. The fourth-order valence-corrected chi connectivity index (χ4v) is 0.359. The Labute approximate surface area is 40.6 Å². The second kappa shape index (κ2) is 1.31. The molecule has 0 aromatic carbocycles. The van der Waals surface area contributed by atoms with Crippen molar-refractivity contribution in [2.75, 3.05) is 6.54 Å². The highest BCUT2D eigenvalue weighted by Crippen LogP contribution is 1.88. The lowest BCUT2D eigenvalue weighted by Crippen LogP contribution is -2.31. The van der Waals surface area contributed by atoms with Gasteiger partial charge in [-0.1, -0.05) is 0 Å². The molecule has 1 aliphatic heterocycles. The van der Waals surface area contributed by atoms with Crippen LogP contribution in [0.4, 0.5) is 4.79 Å². The summed E-state index contributed by atoms with van der Waals surface area (Å²) in [5.41, 5.74) is 0. The zero-order valence-corrected chi connectivity index (χ0v) is 3.66. The molecule has 0 radical (unpaired) electrons. The largest absolute Gasteiger partial charge is 0.357 e. The predicted molar refractivity (Wildman–Crippen MR) is 24.8 cm³/mol. The van der Waals surface area contributed by atoms with Crippen LogP contribution < -0.4 is 5.84 Å². The van der Waals surface area contributed by atoms with Crippen LogP contribution in [0, 0.1) is 0 Å². The van der Waals surface area contributed by atoms with Gasteiger partial charge in [0.2, 0.25) is 0 Å². The Balaban J connectivity index is 2.62. The Kier molecular flexibility index (Phi) is 0.796. The summed E-state index contributed by atoms with van der Waals surface area (Å²) in [5.74, 6) is 5.04. The number of amides is 2. The van der Waals surface area contributed by atoms with Crippen molar-refractivity contribution in [3.8, 4) is 0 Å². The maximum absolute atomic E-state index is 10.2. The van der Waals surface area contributed by atoms with Crippen molar-refractivity contribution >= 4 is 12.2 Å². The van der Waals surface area contributed by atoms with E-state index in [4.69, 9.17) is 5.84 Å². The minimum absolute atomic E-state index is 0.361. The molecule has 0 fully saturated rings. The first-order chi connectivity index (χ1) is 3.30. The summed E-state index contributed by atoms with van der Waals surface area (Å²) >= 11 is 0. The number of urea groups is 1. The molecule has 1 rings (SSSR count). The maximum Gasteiger partial charge on any atom is 0.357 e. The summed E-state index contributed by atoms with van der Waals surface area (Å²) in [4.78, 5) is 13.5. The smallest absolute Gasteiger partial charge is 0.255 e. The number of hydrogen-bond donors (Lipinski definition) is 1. The van der Waals surface area contributed by atoms with Gasteiger partial charge in [-0.15, -0.1) is 0 Å². The Morgan fingerprint density at radius 2 is 2.71 bits per heavy atom. The minimum Gasteiger partial charge on any atom is -0.255 e. The molecule has 0 unspecified atom stereocenters. The quantitative estimate of drug-likeness (QED) is 0.324. The van der Waals surface area contributed by atoms with Gasteiger partial charge in [-0.05, 0) is 0 Å². The van der Waals surface area contributed by atoms with Crippen molar-refractivity contribution in [1.82, 2.24) is 5.01 Å². The predicted octanol–water partition coefficient (Wildman–Crippen LogP) is -0.633. The average Bonchev–Trinajstić information content (AvgIpc) is 1.91. The number of rotatable bonds is 0. The summed E-state index contributed by atoms with van der Waals surface area (Å²) in [7, 11) is 0. The molecule has 1 aliphatic rings. The fourth-order valence-electron chi connectivity index (χ4n) is 0.359. The normalized spacial score (nSPS) is 19.0. The Hall–Kier alpha value is -0.900.